The highest BCUT2D eigenvalue weighted by Crippen LogP contribution is 2.30. The fourth-order valence-electron chi connectivity index (χ4n) is 2.33. The lowest BCUT2D eigenvalue weighted by Crippen LogP contribution is -2.38. The molecule has 0 bridgehead atoms. The average Bonchev–Trinajstić information content (AvgIpc) is 2.86. The van der Waals surface area contributed by atoms with E-state index in [0.29, 0.717) is 11.2 Å². The second kappa shape index (κ2) is 6.73. The Morgan fingerprint density at radius 3 is 2.65 bits per heavy atom. The second-order valence-corrected chi connectivity index (χ2v) is 7.88. The summed E-state index contributed by atoms with van der Waals surface area (Å²) < 4.78 is 27.4. The van der Waals surface area contributed by atoms with Gasteiger partial charge in [-0.05, 0) is 18.6 Å². The number of hydrogen-bond acceptors (Lipinski definition) is 6. The summed E-state index contributed by atoms with van der Waals surface area (Å²) in [5, 5.41) is 3.13. The summed E-state index contributed by atoms with van der Waals surface area (Å²) in [6, 6.07) is 0.00827. The van der Waals surface area contributed by atoms with Crippen LogP contribution < -0.4 is 10.0 Å². The Labute approximate surface area is 124 Å². The number of rotatable bonds is 6. The van der Waals surface area contributed by atoms with Gasteiger partial charge in [0.05, 0.1) is 12.4 Å². The van der Waals surface area contributed by atoms with Crippen LogP contribution in [0.3, 0.4) is 0 Å². The molecule has 1 fully saturated rings. The summed E-state index contributed by atoms with van der Waals surface area (Å²) in [5.74, 6) is 1.41. The molecule has 1 aliphatic carbocycles. The summed E-state index contributed by atoms with van der Waals surface area (Å²) in [7, 11) is -1.85. The van der Waals surface area contributed by atoms with Gasteiger partial charge in [-0.1, -0.05) is 13.3 Å². The molecular weight excluding hydrogens is 296 g/mol. The molecule has 2 unspecified atom stereocenters. The zero-order chi connectivity index (χ0) is 14.6. The molecule has 1 aromatic heterocycles. The number of anilines is 1. The van der Waals surface area contributed by atoms with Crippen LogP contribution in [0, 0.1) is 0 Å². The Bertz CT molecular complexity index is 533. The van der Waals surface area contributed by atoms with Gasteiger partial charge in [-0.3, -0.25) is 0 Å². The SMILES string of the molecule is CCSC1CCCC1NS(=O)(=O)c1cnc(NC)nc1. The molecule has 0 spiro atoms. The van der Waals surface area contributed by atoms with Gasteiger partial charge in [-0.2, -0.15) is 11.8 Å². The van der Waals surface area contributed by atoms with Gasteiger partial charge in [-0.25, -0.2) is 23.1 Å². The fraction of sp³-hybridized carbons (Fsp3) is 0.667. The van der Waals surface area contributed by atoms with Crippen molar-refractivity contribution in [2.24, 2.45) is 0 Å². The first-order valence-corrected chi connectivity index (χ1v) is 9.23. The topological polar surface area (TPSA) is 84.0 Å². The third kappa shape index (κ3) is 3.62. The molecule has 2 N–H and O–H groups in total. The number of nitrogens with zero attached hydrogens (tertiary/aromatic N) is 2. The monoisotopic (exact) mass is 316 g/mol. The molecular formula is C12H20N4O2S2. The van der Waals surface area contributed by atoms with Crippen molar-refractivity contribution in [3.05, 3.63) is 12.4 Å². The normalized spacial score (nSPS) is 22.9. The number of hydrogen-bond donors (Lipinski definition) is 2. The highest BCUT2D eigenvalue weighted by atomic mass is 32.2. The minimum atomic E-state index is -3.54. The molecule has 2 atom stereocenters. The Morgan fingerprint density at radius 1 is 1.35 bits per heavy atom. The van der Waals surface area contributed by atoms with Gasteiger partial charge in [0.1, 0.15) is 4.90 Å². The van der Waals surface area contributed by atoms with Crippen molar-refractivity contribution >= 4 is 27.7 Å². The summed E-state index contributed by atoms with van der Waals surface area (Å²) in [6.07, 6.45) is 5.70. The van der Waals surface area contributed by atoms with E-state index in [2.05, 4.69) is 26.9 Å². The first kappa shape index (κ1) is 15.5. The smallest absolute Gasteiger partial charge is 0.243 e. The van der Waals surface area contributed by atoms with Crippen molar-refractivity contribution in [1.29, 1.82) is 0 Å². The fourth-order valence-corrected chi connectivity index (χ4v) is 4.81. The molecule has 6 nitrogen and oxygen atoms in total. The van der Waals surface area contributed by atoms with Crippen molar-refractivity contribution in [2.75, 3.05) is 18.1 Å². The van der Waals surface area contributed by atoms with Crippen LogP contribution >= 0.6 is 11.8 Å². The van der Waals surface area contributed by atoms with E-state index in [1.807, 2.05) is 11.8 Å². The maximum atomic E-state index is 12.3. The Kier molecular flexibility index (Phi) is 5.22. The maximum absolute atomic E-state index is 12.3. The lowest BCUT2D eigenvalue weighted by molar-refractivity contribution is 0.554. The Morgan fingerprint density at radius 2 is 2.05 bits per heavy atom. The van der Waals surface area contributed by atoms with Gasteiger partial charge < -0.3 is 5.32 Å². The first-order valence-electron chi connectivity index (χ1n) is 6.70. The van der Waals surface area contributed by atoms with Gasteiger partial charge in [0.2, 0.25) is 16.0 Å². The first-order chi connectivity index (χ1) is 9.56. The van der Waals surface area contributed by atoms with E-state index in [4.69, 9.17) is 0 Å². The largest absolute Gasteiger partial charge is 0.357 e. The van der Waals surface area contributed by atoms with Gasteiger partial charge in [-0.15, -0.1) is 0 Å². The quantitative estimate of drug-likeness (QED) is 0.827. The van der Waals surface area contributed by atoms with Crippen molar-refractivity contribution < 1.29 is 8.42 Å². The third-order valence-corrected chi connectivity index (χ3v) is 6.07. The molecule has 20 heavy (non-hydrogen) atoms. The van der Waals surface area contributed by atoms with Crippen LogP contribution in [-0.4, -0.2) is 42.5 Å². The van der Waals surface area contributed by atoms with E-state index < -0.39 is 10.0 Å². The number of thioether (sulfide) groups is 1. The minimum absolute atomic E-state index is 0.00827. The molecule has 0 amide bonds. The lowest BCUT2D eigenvalue weighted by atomic mass is 10.3. The summed E-state index contributed by atoms with van der Waals surface area (Å²) in [5.41, 5.74) is 0. The lowest BCUT2D eigenvalue weighted by Gasteiger charge is -2.19. The highest BCUT2D eigenvalue weighted by Gasteiger charge is 2.31. The molecule has 1 aliphatic rings. The molecule has 8 heteroatoms. The Hall–Kier alpha value is -0.860. The highest BCUT2D eigenvalue weighted by molar-refractivity contribution is 8.00. The summed E-state index contributed by atoms with van der Waals surface area (Å²) >= 11 is 1.82. The average molecular weight is 316 g/mol. The van der Waals surface area contributed by atoms with E-state index >= 15 is 0 Å². The van der Waals surface area contributed by atoms with Gasteiger partial charge in [0.25, 0.3) is 0 Å². The summed E-state index contributed by atoms with van der Waals surface area (Å²) in [6.45, 7) is 2.10. The number of sulfonamides is 1. The standard InChI is InChI=1S/C12H20N4O2S2/c1-3-19-11-6-4-5-10(11)16-20(17,18)9-7-14-12(13-2)15-8-9/h7-8,10-11,16H,3-6H2,1-2H3,(H,13,14,15). The molecule has 0 aliphatic heterocycles. The van der Waals surface area contributed by atoms with E-state index in [0.717, 1.165) is 25.0 Å². The zero-order valence-corrected chi connectivity index (χ0v) is 13.3. The van der Waals surface area contributed by atoms with Crippen LogP contribution in [0.2, 0.25) is 0 Å². The van der Waals surface area contributed by atoms with E-state index in [1.54, 1.807) is 7.05 Å². The van der Waals surface area contributed by atoms with Crippen LogP contribution in [0.5, 0.6) is 0 Å². The van der Waals surface area contributed by atoms with Gasteiger partial charge in [0, 0.05) is 18.3 Å². The van der Waals surface area contributed by atoms with Crippen molar-refractivity contribution in [3.8, 4) is 0 Å². The van der Waals surface area contributed by atoms with Crippen LogP contribution in [0.25, 0.3) is 0 Å². The zero-order valence-electron chi connectivity index (χ0n) is 11.7. The van der Waals surface area contributed by atoms with Gasteiger partial charge >= 0.3 is 0 Å². The second-order valence-electron chi connectivity index (χ2n) is 4.64. The van der Waals surface area contributed by atoms with Crippen LogP contribution in [-0.2, 0) is 10.0 Å². The summed E-state index contributed by atoms with van der Waals surface area (Å²) in [4.78, 5) is 8.01. The van der Waals surface area contributed by atoms with Crippen LogP contribution in [0.15, 0.2) is 17.3 Å². The van der Waals surface area contributed by atoms with E-state index in [9.17, 15) is 8.42 Å². The van der Waals surface area contributed by atoms with Crippen molar-refractivity contribution in [1.82, 2.24) is 14.7 Å². The molecule has 1 saturated carbocycles. The minimum Gasteiger partial charge on any atom is -0.357 e. The predicted octanol–water partition coefficient (Wildman–Crippen LogP) is 1.47. The van der Waals surface area contributed by atoms with Crippen LogP contribution in [0.1, 0.15) is 26.2 Å². The molecule has 1 aromatic rings. The maximum Gasteiger partial charge on any atom is 0.243 e. The predicted molar refractivity (Wildman–Crippen MR) is 81.5 cm³/mol. The molecule has 2 rings (SSSR count). The third-order valence-electron chi connectivity index (χ3n) is 3.30. The Balaban J connectivity index is 2.09. The van der Waals surface area contributed by atoms with Gasteiger partial charge in [0.15, 0.2) is 0 Å². The van der Waals surface area contributed by atoms with Crippen molar-refractivity contribution in [3.63, 3.8) is 0 Å². The molecule has 1 heterocycles. The molecule has 0 radical (unpaired) electrons. The van der Waals surface area contributed by atoms with Crippen molar-refractivity contribution in [2.45, 2.75) is 42.4 Å². The molecule has 0 aromatic carbocycles. The molecule has 0 saturated heterocycles. The van der Waals surface area contributed by atoms with E-state index in [1.165, 1.54) is 12.4 Å². The van der Waals surface area contributed by atoms with Crippen LogP contribution in [0.4, 0.5) is 5.95 Å². The molecule has 112 valence electrons. The van der Waals surface area contributed by atoms with E-state index in [-0.39, 0.29) is 10.9 Å². The number of aromatic nitrogens is 2. The number of nitrogens with one attached hydrogen (secondary N) is 2.